The predicted octanol–water partition coefficient (Wildman–Crippen LogP) is 4.12. The van der Waals surface area contributed by atoms with E-state index in [-0.39, 0.29) is 12.5 Å². The van der Waals surface area contributed by atoms with Crippen molar-refractivity contribution in [2.75, 3.05) is 13.7 Å². The van der Waals surface area contributed by atoms with Gasteiger partial charge in [-0.2, -0.15) is 11.3 Å². The first-order valence-corrected chi connectivity index (χ1v) is 8.84. The van der Waals surface area contributed by atoms with Crippen LogP contribution in [0.5, 0.6) is 11.5 Å². The second kappa shape index (κ2) is 8.35. The smallest absolute Gasteiger partial charge is 0.258 e. The maximum Gasteiger partial charge on any atom is 0.258 e. The lowest BCUT2D eigenvalue weighted by molar-refractivity contribution is -0.123. The van der Waals surface area contributed by atoms with Gasteiger partial charge in [0.05, 0.1) is 7.11 Å². The van der Waals surface area contributed by atoms with Gasteiger partial charge < -0.3 is 14.8 Å². The normalized spacial score (nSPS) is 10.3. The SMILES string of the molecule is COc1cccc(OCC(=O)NCc2ccccc2-c2ccsc2)c1. The summed E-state index contributed by atoms with van der Waals surface area (Å²) >= 11 is 1.66. The van der Waals surface area contributed by atoms with Crippen molar-refractivity contribution in [3.63, 3.8) is 0 Å². The van der Waals surface area contributed by atoms with E-state index in [2.05, 4.69) is 22.8 Å². The highest BCUT2D eigenvalue weighted by molar-refractivity contribution is 7.08. The van der Waals surface area contributed by atoms with Crippen molar-refractivity contribution in [2.45, 2.75) is 6.54 Å². The van der Waals surface area contributed by atoms with Gasteiger partial charge in [0.1, 0.15) is 11.5 Å². The van der Waals surface area contributed by atoms with Crippen molar-refractivity contribution < 1.29 is 14.3 Å². The quantitative estimate of drug-likeness (QED) is 0.695. The summed E-state index contributed by atoms with van der Waals surface area (Å²) in [5, 5.41) is 7.06. The maximum absolute atomic E-state index is 12.1. The van der Waals surface area contributed by atoms with Crippen molar-refractivity contribution in [1.82, 2.24) is 5.32 Å². The zero-order chi connectivity index (χ0) is 17.5. The summed E-state index contributed by atoms with van der Waals surface area (Å²) in [6, 6.07) is 17.3. The number of methoxy groups -OCH3 is 1. The summed E-state index contributed by atoms with van der Waals surface area (Å²) in [5.74, 6) is 1.14. The van der Waals surface area contributed by atoms with Crippen LogP contribution in [0.15, 0.2) is 65.4 Å². The zero-order valence-corrected chi connectivity index (χ0v) is 14.7. The molecule has 1 amide bonds. The van der Waals surface area contributed by atoms with Crippen LogP contribution in [0.3, 0.4) is 0 Å². The molecule has 1 N–H and O–H groups in total. The number of hydrogen-bond acceptors (Lipinski definition) is 4. The molecular formula is C20H19NO3S. The molecule has 0 spiro atoms. The summed E-state index contributed by atoms with van der Waals surface area (Å²) in [5.41, 5.74) is 3.39. The third-order valence-corrected chi connectivity index (χ3v) is 4.42. The van der Waals surface area contributed by atoms with Crippen molar-refractivity contribution in [3.8, 4) is 22.6 Å². The van der Waals surface area contributed by atoms with E-state index in [1.807, 2.05) is 35.7 Å². The van der Waals surface area contributed by atoms with E-state index in [1.54, 1.807) is 30.6 Å². The fourth-order valence-corrected chi connectivity index (χ4v) is 3.11. The number of amides is 1. The van der Waals surface area contributed by atoms with Crippen molar-refractivity contribution in [1.29, 1.82) is 0 Å². The van der Waals surface area contributed by atoms with Crippen molar-refractivity contribution in [2.24, 2.45) is 0 Å². The number of benzene rings is 2. The summed E-state index contributed by atoms with van der Waals surface area (Å²) in [6.45, 7) is 0.431. The summed E-state index contributed by atoms with van der Waals surface area (Å²) in [6.07, 6.45) is 0. The lowest BCUT2D eigenvalue weighted by atomic mass is 10.0. The van der Waals surface area contributed by atoms with Gasteiger partial charge in [-0.25, -0.2) is 0 Å². The van der Waals surface area contributed by atoms with Crippen LogP contribution >= 0.6 is 11.3 Å². The van der Waals surface area contributed by atoms with Crippen LogP contribution in [0.1, 0.15) is 5.56 Å². The topological polar surface area (TPSA) is 47.6 Å². The molecular weight excluding hydrogens is 334 g/mol. The maximum atomic E-state index is 12.1. The number of ether oxygens (including phenoxy) is 2. The summed E-state index contributed by atoms with van der Waals surface area (Å²) < 4.78 is 10.6. The Morgan fingerprint density at radius 1 is 1.08 bits per heavy atom. The number of carbonyl (C=O) groups is 1. The molecule has 0 aliphatic carbocycles. The monoisotopic (exact) mass is 353 g/mol. The van der Waals surface area contributed by atoms with Gasteiger partial charge in [0, 0.05) is 12.6 Å². The Labute approximate surface area is 151 Å². The molecule has 0 radical (unpaired) electrons. The van der Waals surface area contributed by atoms with Gasteiger partial charge in [0.15, 0.2) is 6.61 Å². The van der Waals surface area contributed by atoms with Gasteiger partial charge in [0.2, 0.25) is 0 Å². The highest BCUT2D eigenvalue weighted by atomic mass is 32.1. The molecule has 0 aliphatic rings. The van der Waals surface area contributed by atoms with Crippen LogP contribution in [0.4, 0.5) is 0 Å². The molecule has 0 atom stereocenters. The third-order valence-electron chi connectivity index (χ3n) is 3.74. The fourth-order valence-electron chi connectivity index (χ4n) is 2.46. The summed E-state index contributed by atoms with van der Waals surface area (Å²) in [7, 11) is 1.59. The van der Waals surface area contributed by atoms with E-state index in [9.17, 15) is 4.79 Å². The molecule has 3 aromatic rings. The molecule has 5 heteroatoms. The van der Waals surface area contributed by atoms with E-state index in [0.29, 0.717) is 18.0 Å². The van der Waals surface area contributed by atoms with Gasteiger partial charge >= 0.3 is 0 Å². The standard InChI is InChI=1S/C20H19NO3S/c1-23-17-6-4-7-18(11-17)24-13-20(22)21-12-15-5-2-3-8-19(15)16-9-10-25-14-16/h2-11,14H,12-13H2,1H3,(H,21,22). The highest BCUT2D eigenvalue weighted by Crippen LogP contribution is 2.25. The Balaban J connectivity index is 1.56. The number of rotatable bonds is 7. The average molecular weight is 353 g/mol. The molecule has 0 saturated heterocycles. The Morgan fingerprint density at radius 2 is 1.92 bits per heavy atom. The lowest BCUT2D eigenvalue weighted by Gasteiger charge is -2.11. The van der Waals surface area contributed by atoms with E-state index >= 15 is 0 Å². The Bertz CT molecular complexity index is 830. The first kappa shape index (κ1) is 17.0. The van der Waals surface area contributed by atoms with Crippen molar-refractivity contribution in [3.05, 3.63) is 70.9 Å². The fraction of sp³-hybridized carbons (Fsp3) is 0.150. The predicted molar refractivity (Wildman–Crippen MR) is 100 cm³/mol. The minimum Gasteiger partial charge on any atom is -0.497 e. The molecule has 0 unspecified atom stereocenters. The van der Waals surface area contributed by atoms with E-state index < -0.39 is 0 Å². The number of carbonyl (C=O) groups excluding carboxylic acids is 1. The molecule has 0 aliphatic heterocycles. The molecule has 0 fully saturated rings. The Hall–Kier alpha value is -2.79. The second-order valence-corrected chi connectivity index (χ2v) is 6.19. The number of nitrogens with one attached hydrogen (secondary N) is 1. The van der Waals surface area contributed by atoms with E-state index in [4.69, 9.17) is 9.47 Å². The number of thiophene rings is 1. The minimum atomic E-state index is -0.164. The third kappa shape index (κ3) is 4.61. The minimum absolute atomic E-state index is 0.0339. The van der Waals surface area contributed by atoms with Crippen LogP contribution < -0.4 is 14.8 Å². The molecule has 4 nitrogen and oxygen atoms in total. The Morgan fingerprint density at radius 3 is 2.72 bits per heavy atom. The van der Waals surface area contributed by atoms with Crippen LogP contribution in [0, 0.1) is 0 Å². The highest BCUT2D eigenvalue weighted by Gasteiger charge is 2.08. The zero-order valence-electron chi connectivity index (χ0n) is 13.9. The molecule has 2 aromatic carbocycles. The average Bonchev–Trinajstić information content (AvgIpc) is 3.19. The molecule has 128 valence electrons. The second-order valence-electron chi connectivity index (χ2n) is 5.41. The largest absolute Gasteiger partial charge is 0.497 e. The van der Waals surface area contributed by atoms with E-state index in [0.717, 1.165) is 11.1 Å². The summed E-state index contributed by atoms with van der Waals surface area (Å²) in [4.78, 5) is 12.1. The van der Waals surface area contributed by atoms with E-state index in [1.165, 1.54) is 5.56 Å². The van der Waals surface area contributed by atoms with Crippen molar-refractivity contribution >= 4 is 17.2 Å². The first-order valence-electron chi connectivity index (χ1n) is 7.90. The molecule has 0 bridgehead atoms. The lowest BCUT2D eigenvalue weighted by Crippen LogP contribution is -2.28. The van der Waals surface area contributed by atoms with Crippen LogP contribution in [-0.2, 0) is 11.3 Å². The molecule has 25 heavy (non-hydrogen) atoms. The molecule has 0 saturated carbocycles. The van der Waals surface area contributed by atoms with Crippen LogP contribution in [-0.4, -0.2) is 19.6 Å². The number of hydrogen-bond donors (Lipinski definition) is 1. The van der Waals surface area contributed by atoms with Gasteiger partial charge in [-0.1, -0.05) is 30.3 Å². The van der Waals surface area contributed by atoms with Crippen LogP contribution in [0.25, 0.3) is 11.1 Å². The Kier molecular flexibility index (Phi) is 5.69. The molecule has 3 rings (SSSR count). The van der Waals surface area contributed by atoms with Gasteiger partial charge in [-0.3, -0.25) is 4.79 Å². The first-order chi connectivity index (χ1) is 12.3. The van der Waals surface area contributed by atoms with Gasteiger partial charge in [-0.05, 0) is 45.6 Å². The molecule has 1 heterocycles. The molecule has 1 aromatic heterocycles. The van der Waals surface area contributed by atoms with Gasteiger partial charge in [0.25, 0.3) is 5.91 Å². The van der Waals surface area contributed by atoms with Crippen LogP contribution in [0.2, 0.25) is 0 Å². The van der Waals surface area contributed by atoms with Gasteiger partial charge in [-0.15, -0.1) is 0 Å².